The molecule has 12 heteroatoms. The molecule has 216 valence electrons. The summed E-state index contributed by atoms with van der Waals surface area (Å²) in [6.45, 7) is 4.16. The molecule has 5 aromatic rings. The van der Waals surface area contributed by atoms with Crippen LogP contribution in [0.15, 0.2) is 55.0 Å². The van der Waals surface area contributed by atoms with Crippen LogP contribution in [0, 0.1) is 16.7 Å². The second-order valence-corrected chi connectivity index (χ2v) is 13.0. The lowest BCUT2D eigenvalue weighted by Gasteiger charge is -2.54. The van der Waals surface area contributed by atoms with Gasteiger partial charge in [-0.2, -0.15) is 5.26 Å². The molecular formula is C31H30N9OPS. The Morgan fingerprint density at radius 1 is 1.16 bits per heavy atom. The molecular weight excluding hydrogens is 577 g/mol. The van der Waals surface area contributed by atoms with Gasteiger partial charge in [0.1, 0.15) is 33.8 Å². The van der Waals surface area contributed by atoms with Crippen LogP contribution in [-0.4, -0.2) is 56.4 Å². The molecule has 1 spiro atoms. The summed E-state index contributed by atoms with van der Waals surface area (Å²) >= 11 is 1.36. The number of nitrogens with zero attached hydrogens (tertiary/aromatic N) is 7. The van der Waals surface area contributed by atoms with Gasteiger partial charge in [0.05, 0.1) is 23.8 Å². The molecule has 0 bridgehead atoms. The Morgan fingerprint density at radius 3 is 2.58 bits per heavy atom. The molecule has 2 aliphatic rings. The van der Waals surface area contributed by atoms with Gasteiger partial charge in [-0.25, -0.2) is 15.0 Å². The molecule has 1 aromatic carbocycles. The van der Waals surface area contributed by atoms with Gasteiger partial charge in [-0.3, -0.25) is 14.2 Å². The topological polar surface area (TPSA) is 124 Å². The summed E-state index contributed by atoms with van der Waals surface area (Å²) in [5.74, 6) is 0.685. The molecule has 1 saturated heterocycles. The van der Waals surface area contributed by atoms with E-state index < -0.39 is 0 Å². The molecule has 10 nitrogen and oxygen atoms in total. The summed E-state index contributed by atoms with van der Waals surface area (Å²) < 4.78 is 2.02. The van der Waals surface area contributed by atoms with Crippen LogP contribution >= 0.6 is 20.6 Å². The zero-order chi connectivity index (χ0) is 29.7. The van der Waals surface area contributed by atoms with Crippen molar-refractivity contribution in [3.8, 4) is 28.6 Å². The number of amides is 1. The van der Waals surface area contributed by atoms with Crippen LogP contribution in [0.3, 0.4) is 0 Å². The van der Waals surface area contributed by atoms with Gasteiger partial charge in [-0.05, 0) is 42.1 Å². The maximum absolute atomic E-state index is 12.8. The Hall–Kier alpha value is -4.23. The van der Waals surface area contributed by atoms with Crippen molar-refractivity contribution in [3.63, 3.8) is 0 Å². The van der Waals surface area contributed by atoms with Crippen LogP contribution in [-0.2, 0) is 6.42 Å². The smallest absolute Gasteiger partial charge is 0.271 e. The molecule has 1 aliphatic heterocycles. The molecule has 2 N–H and O–H groups in total. The first-order chi connectivity index (χ1) is 20.9. The molecule has 7 rings (SSSR count). The first kappa shape index (κ1) is 27.6. The van der Waals surface area contributed by atoms with Gasteiger partial charge in [-0.15, -0.1) is 9.24 Å². The average molecular weight is 608 g/mol. The van der Waals surface area contributed by atoms with E-state index in [2.05, 4.69) is 42.8 Å². The number of aromatic nitrogens is 5. The van der Waals surface area contributed by atoms with E-state index in [9.17, 15) is 10.1 Å². The highest BCUT2D eigenvalue weighted by Gasteiger charge is 2.48. The summed E-state index contributed by atoms with van der Waals surface area (Å²) in [7, 11) is 4.62. The lowest BCUT2D eigenvalue weighted by molar-refractivity contribution is 0.0231. The Balaban J connectivity index is 1.16. The minimum atomic E-state index is -0.183. The normalized spacial score (nSPS) is 15.6. The van der Waals surface area contributed by atoms with Crippen molar-refractivity contribution in [1.82, 2.24) is 35.0 Å². The number of nitriles is 1. The van der Waals surface area contributed by atoms with E-state index in [1.807, 2.05) is 58.9 Å². The standard InChI is InChI=1S/C31H30N9OPS/c1-3-22-29(39(2)30-38-27(25(12-32)43-30)18-4-7-21(42)8-5-18)40-15-19(6-9-26(40)37-22)23-13-35-24(14-34-23)28(41)36-20-10-31(11-20)16-33-17-31/h4-9,13-15,20,33H,3,10-11,16-17,42H2,1-2H3,(H,36,41). The number of pyridine rings is 1. The Morgan fingerprint density at radius 2 is 1.93 bits per heavy atom. The number of thiazole rings is 1. The number of hydrogen-bond donors (Lipinski definition) is 2. The first-order valence-electron chi connectivity index (χ1n) is 14.2. The third kappa shape index (κ3) is 4.95. The second kappa shape index (κ2) is 10.8. The zero-order valence-electron chi connectivity index (χ0n) is 23.8. The molecule has 1 saturated carbocycles. The van der Waals surface area contributed by atoms with Crippen LogP contribution in [0.5, 0.6) is 0 Å². The van der Waals surface area contributed by atoms with E-state index in [1.165, 1.54) is 17.5 Å². The number of carbonyl (C=O) groups excluding carboxylic acids is 1. The Labute approximate surface area is 255 Å². The highest BCUT2D eigenvalue weighted by atomic mass is 32.1. The van der Waals surface area contributed by atoms with Gasteiger partial charge < -0.3 is 15.5 Å². The number of hydrogen-bond acceptors (Lipinski definition) is 9. The maximum atomic E-state index is 12.8. The van der Waals surface area contributed by atoms with E-state index in [1.54, 1.807) is 6.20 Å². The van der Waals surface area contributed by atoms with Gasteiger partial charge in [-0.1, -0.05) is 42.5 Å². The van der Waals surface area contributed by atoms with Gasteiger partial charge in [0.15, 0.2) is 5.13 Å². The van der Waals surface area contributed by atoms with Crippen LogP contribution in [0.1, 0.15) is 40.8 Å². The van der Waals surface area contributed by atoms with E-state index in [0.29, 0.717) is 32.5 Å². The van der Waals surface area contributed by atoms with Crippen LogP contribution in [0.25, 0.3) is 28.2 Å². The third-order valence-electron chi connectivity index (χ3n) is 8.38. The lowest BCUT2D eigenvalue weighted by atomic mass is 9.61. The van der Waals surface area contributed by atoms with E-state index in [0.717, 1.165) is 65.9 Å². The van der Waals surface area contributed by atoms with Crippen LogP contribution in [0.4, 0.5) is 10.9 Å². The number of aryl methyl sites for hydroxylation is 1. The lowest BCUT2D eigenvalue weighted by Crippen LogP contribution is -2.65. The number of carbonyl (C=O) groups is 1. The summed E-state index contributed by atoms with van der Waals surface area (Å²) in [4.78, 5) is 34.1. The summed E-state index contributed by atoms with van der Waals surface area (Å²) in [6.07, 6.45) is 7.92. The molecule has 0 radical (unpaired) electrons. The fourth-order valence-electron chi connectivity index (χ4n) is 5.99. The van der Waals surface area contributed by atoms with Crippen LogP contribution in [0.2, 0.25) is 0 Å². The molecule has 1 unspecified atom stereocenters. The Kier molecular flexibility index (Phi) is 6.93. The highest BCUT2D eigenvalue weighted by Crippen LogP contribution is 2.44. The predicted octanol–water partition coefficient (Wildman–Crippen LogP) is 4.10. The van der Waals surface area contributed by atoms with Crippen molar-refractivity contribution in [3.05, 3.63) is 71.3 Å². The molecule has 1 aliphatic carbocycles. The summed E-state index contributed by atoms with van der Waals surface area (Å²) in [5, 5.41) is 18.1. The van der Waals surface area contributed by atoms with Crippen molar-refractivity contribution in [2.24, 2.45) is 5.41 Å². The number of imidazole rings is 1. The first-order valence-corrected chi connectivity index (χ1v) is 15.6. The summed E-state index contributed by atoms with van der Waals surface area (Å²) in [6, 6.07) is 14.4. The number of benzene rings is 1. The third-order valence-corrected chi connectivity index (χ3v) is 9.80. The molecule has 5 heterocycles. The van der Waals surface area contributed by atoms with Crippen molar-refractivity contribution in [2.75, 3.05) is 25.0 Å². The monoisotopic (exact) mass is 607 g/mol. The van der Waals surface area contributed by atoms with Gasteiger partial charge in [0.2, 0.25) is 0 Å². The van der Waals surface area contributed by atoms with E-state index in [4.69, 9.17) is 9.97 Å². The number of rotatable bonds is 7. The highest BCUT2D eigenvalue weighted by molar-refractivity contribution is 7.27. The van der Waals surface area contributed by atoms with Crippen LogP contribution < -0.4 is 20.8 Å². The molecule has 43 heavy (non-hydrogen) atoms. The van der Waals surface area contributed by atoms with E-state index >= 15 is 0 Å². The second-order valence-electron chi connectivity index (χ2n) is 11.3. The zero-order valence-corrected chi connectivity index (χ0v) is 25.8. The number of anilines is 2. The van der Waals surface area contributed by atoms with Crippen molar-refractivity contribution in [1.29, 1.82) is 5.26 Å². The maximum Gasteiger partial charge on any atom is 0.271 e. The van der Waals surface area contributed by atoms with Gasteiger partial charge >= 0.3 is 0 Å². The number of nitrogens with one attached hydrogen (secondary N) is 2. The Bertz CT molecular complexity index is 1880. The quantitative estimate of drug-likeness (QED) is 0.265. The minimum Gasteiger partial charge on any atom is -0.348 e. The van der Waals surface area contributed by atoms with Crippen molar-refractivity contribution < 1.29 is 4.79 Å². The van der Waals surface area contributed by atoms with Gasteiger partial charge in [0, 0.05) is 43.5 Å². The van der Waals surface area contributed by atoms with Crippen molar-refractivity contribution >= 4 is 48.4 Å². The molecule has 4 aromatic heterocycles. The predicted molar refractivity (Wildman–Crippen MR) is 171 cm³/mol. The molecule has 1 atom stereocenters. The number of fused-ring (bicyclic) bond motifs is 1. The van der Waals surface area contributed by atoms with Gasteiger partial charge in [0.25, 0.3) is 5.91 Å². The van der Waals surface area contributed by atoms with Crippen molar-refractivity contribution in [2.45, 2.75) is 32.2 Å². The SMILES string of the molecule is CCc1nc2ccc(-c3cnc(C(=O)NC4CC5(CNC5)C4)cn3)cn2c1N(C)c1nc(-c2ccc(P)cc2)c(C#N)s1. The molecule has 2 fully saturated rings. The van der Waals surface area contributed by atoms with E-state index in [-0.39, 0.29) is 11.9 Å². The molecule has 1 amide bonds. The average Bonchev–Trinajstić information content (AvgIpc) is 3.59. The fourth-order valence-corrected chi connectivity index (χ4v) is 7.03. The summed E-state index contributed by atoms with van der Waals surface area (Å²) in [5.41, 5.74) is 5.48. The fraction of sp³-hybridized carbons (Fsp3) is 0.290. The minimum absolute atomic E-state index is 0.183. The largest absolute Gasteiger partial charge is 0.348 e.